The zero-order valence-corrected chi connectivity index (χ0v) is 17.7. The Morgan fingerprint density at radius 3 is 2.56 bits per heavy atom. The summed E-state index contributed by atoms with van der Waals surface area (Å²) in [4.78, 5) is 12.3. The standard InChI is InChI=1S/C16H20ClN3O5S2/c1-5-8-26(22)13-11(27(4,23)24)7-6-10(12(13)17)14(21)18-16-20-19-15(25-16)9(2)3/h6-7,9H,5,8H2,1-4H3,(H,18,20,21). The second-order valence-corrected chi connectivity index (χ2v) is 10.0. The second-order valence-electron chi connectivity index (χ2n) is 6.13. The Labute approximate surface area is 165 Å². The molecule has 0 aliphatic rings. The van der Waals surface area contributed by atoms with E-state index in [4.69, 9.17) is 16.0 Å². The third-order valence-electron chi connectivity index (χ3n) is 3.48. The molecule has 2 rings (SSSR count). The summed E-state index contributed by atoms with van der Waals surface area (Å²) in [5, 5.41) is 9.78. The predicted octanol–water partition coefficient (Wildman–Crippen LogP) is 3.02. The fourth-order valence-corrected chi connectivity index (χ4v) is 5.42. The number of hydrogen-bond acceptors (Lipinski definition) is 7. The van der Waals surface area contributed by atoms with E-state index in [1.165, 1.54) is 12.1 Å². The monoisotopic (exact) mass is 433 g/mol. The van der Waals surface area contributed by atoms with Crippen molar-refractivity contribution in [1.82, 2.24) is 10.2 Å². The van der Waals surface area contributed by atoms with Crippen LogP contribution in [0.3, 0.4) is 0 Å². The van der Waals surface area contributed by atoms with Crippen molar-refractivity contribution in [2.45, 2.75) is 42.9 Å². The van der Waals surface area contributed by atoms with Gasteiger partial charge in [-0.2, -0.15) is 0 Å². The van der Waals surface area contributed by atoms with Crippen LogP contribution in [-0.2, 0) is 21.0 Å². The Hall–Kier alpha value is -1.62. The molecule has 1 aromatic heterocycles. The average Bonchev–Trinajstić information content (AvgIpc) is 3.02. The van der Waals surface area contributed by atoms with Crippen molar-refractivity contribution >= 4 is 44.5 Å². The van der Waals surface area contributed by atoms with Crippen LogP contribution in [0.1, 0.15) is 49.4 Å². The van der Waals surface area contributed by atoms with Gasteiger partial charge in [-0.3, -0.25) is 10.1 Å². The molecule has 1 atom stereocenters. The van der Waals surface area contributed by atoms with Crippen molar-refractivity contribution in [1.29, 1.82) is 0 Å². The first-order chi connectivity index (χ1) is 12.6. The molecule has 1 N–H and O–H groups in total. The highest BCUT2D eigenvalue weighted by Crippen LogP contribution is 2.33. The van der Waals surface area contributed by atoms with Gasteiger partial charge in [-0.1, -0.05) is 37.5 Å². The Bertz CT molecular complexity index is 944. The molecular formula is C16H20ClN3O5S2. The molecule has 11 heteroatoms. The number of aromatic nitrogens is 2. The molecule has 2 aromatic rings. The molecule has 1 unspecified atom stereocenters. The first-order valence-corrected chi connectivity index (χ1v) is 11.7. The lowest BCUT2D eigenvalue weighted by Crippen LogP contribution is -2.18. The maximum atomic E-state index is 12.5. The fourth-order valence-electron chi connectivity index (χ4n) is 2.19. The van der Waals surface area contributed by atoms with Crippen LogP contribution in [0.25, 0.3) is 0 Å². The normalized spacial score (nSPS) is 13.0. The summed E-state index contributed by atoms with van der Waals surface area (Å²) in [5.74, 6) is -0.111. The molecule has 0 bridgehead atoms. The molecule has 27 heavy (non-hydrogen) atoms. The van der Waals surface area contributed by atoms with Crippen molar-refractivity contribution < 1.29 is 22.2 Å². The molecule has 0 aliphatic heterocycles. The van der Waals surface area contributed by atoms with Gasteiger partial charge < -0.3 is 8.97 Å². The summed E-state index contributed by atoms with van der Waals surface area (Å²) in [5.41, 5.74) is -0.0344. The van der Waals surface area contributed by atoms with Gasteiger partial charge in [0, 0.05) is 12.2 Å². The zero-order valence-electron chi connectivity index (χ0n) is 15.3. The van der Waals surface area contributed by atoms with Crippen LogP contribution in [0.2, 0.25) is 5.02 Å². The quantitative estimate of drug-likeness (QED) is 0.665. The smallest absolute Gasteiger partial charge is 0.322 e. The minimum absolute atomic E-state index is 0.0103. The van der Waals surface area contributed by atoms with Crippen LogP contribution in [0, 0.1) is 0 Å². The van der Waals surface area contributed by atoms with E-state index >= 15 is 0 Å². The van der Waals surface area contributed by atoms with E-state index in [2.05, 4.69) is 15.5 Å². The van der Waals surface area contributed by atoms with E-state index in [1.54, 1.807) is 0 Å². The van der Waals surface area contributed by atoms with Crippen LogP contribution < -0.4 is 5.32 Å². The fraction of sp³-hybridized carbons (Fsp3) is 0.438. The van der Waals surface area contributed by atoms with Crippen LogP contribution >= 0.6 is 11.6 Å². The van der Waals surface area contributed by atoms with Gasteiger partial charge in [0.2, 0.25) is 5.89 Å². The highest BCUT2D eigenvalue weighted by atomic mass is 35.5. The molecule has 148 valence electrons. The van der Waals surface area contributed by atoms with E-state index in [-0.39, 0.29) is 38.1 Å². The SMILES string of the molecule is CCC[S+]([O-])c1c(S(C)(=O)=O)ccc(C(=O)Nc2nnc(C(C)C)o2)c1Cl. The molecule has 1 heterocycles. The van der Waals surface area contributed by atoms with Gasteiger partial charge in [-0.25, -0.2) is 8.42 Å². The summed E-state index contributed by atoms with van der Waals surface area (Å²) in [6, 6.07) is 2.38. The Balaban J connectivity index is 2.44. The molecule has 0 fully saturated rings. The van der Waals surface area contributed by atoms with Crippen LogP contribution in [0.4, 0.5) is 6.01 Å². The van der Waals surface area contributed by atoms with E-state index in [9.17, 15) is 17.8 Å². The molecule has 0 saturated heterocycles. The number of carbonyl (C=O) groups is 1. The number of halogens is 1. The van der Waals surface area contributed by atoms with Crippen LogP contribution in [0.15, 0.2) is 26.3 Å². The minimum Gasteiger partial charge on any atom is -0.611 e. The van der Waals surface area contributed by atoms with Gasteiger partial charge in [0.25, 0.3) is 5.91 Å². The van der Waals surface area contributed by atoms with Crippen molar-refractivity contribution in [2.24, 2.45) is 0 Å². The van der Waals surface area contributed by atoms with Gasteiger partial charge >= 0.3 is 6.01 Å². The van der Waals surface area contributed by atoms with Gasteiger partial charge in [0.1, 0.15) is 15.7 Å². The van der Waals surface area contributed by atoms with E-state index in [1.807, 2.05) is 20.8 Å². The first kappa shape index (κ1) is 21.7. The van der Waals surface area contributed by atoms with Crippen molar-refractivity contribution in [3.63, 3.8) is 0 Å². The van der Waals surface area contributed by atoms with Gasteiger partial charge in [0.05, 0.1) is 5.56 Å². The Kier molecular flexibility index (Phi) is 6.90. The van der Waals surface area contributed by atoms with Gasteiger partial charge in [0.15, 0.2) is 14.7 Å². The van der Waals surface area contributed by atoms with Gasteiger partial charge in [-0.15, -0.1) is 5.10 Å². The Morgan fingerprint density at radius 2 is 2.04 bits per heavy atom. The molecule has 0 radical (unpaired) electrons. The molecule has 1 amide bonds. The lowest BCUT2D eigenvalue weighted by Gasteiger charge is -2.16. The minimum atomic E-state index is -3.68. The molecular weight excluding hydrogens is 414 g/mol. The predicted molar refractivity (Wildman–Crippen MR) is 102 cm³/mol. The van der Waals surface area contributed by atoms with E-state index in [0.29, 0.717) is 12.3 Å². The number of anilines is 1. The third kappa shape index (κ3) is 5.01. The maximum absolute atomic E-state index is 12.5. The number of nitrogens with one attached hydrogen (secondary N) is 1. The van der Waals surface area contributed by atoms with Crippen molar-refractivity contribution in [3.05, 3.63) is 28.6 Å². The summed E-state index contributed by atoms with van der Waals surface area (Å²) in [7, 11) is -3.68. The Morgan fingerprint density at radius 1 is 1.37 bits per heavy atom. The highest BCUT2D eigenvalue weighted by Gasteiger charge is 2.30. The number of rotatable bonds is 7. The number of benzene rings is 1. The molecule has 0 saturated carbocycles. The molecule has 1 aromatic carbocycles. The number of carbonyl (C=O) groups excluding carboxylic acids is 1. The maximum Gasteiger partial charge on any atom is 0.322 e. The van der Waals surface area contributed by atoms with Gasteiger partial charge in [-0.05, 0) is 29.7 Å². The van der Waals surface area contributed by atoms with E-state index in [0.717, 1.165) is 6.26 Å². The van der Waals surface area contributed by atoms with E-state index < -0.39 is 26.9 Å². The largest absolute Gasteiger partial charge is 0.611 e. The topological polar surface area (TPSA) is 125 Å². The summed E-state index contributed by atoms with van der Waals surface area (Å²) >= 11 is 4.61. The summed E-state index contributed by atoms with van der Waals surface area (Å²) in [6.07, 6.45) is 1.56. The number of amides is 1. The third-order valence-corrected chi connectivity index (χ3v) is 6.91. The summed E-state index contributed by atoms with van der Waals surface area (Å²) < 4.78 is 41.9. The van der Waals surface area contributed by atoms with Crippen molar-refractivity contribution in [3.8, 4) is 0 Å². The number of sulfone groups is 1. The number of hydrogen-bond donors (Lipinski definition) is 1. The lowest BCUT2D eigenvalue weighted by atomic mass is 10.2. The highest BCUT2D eigenvalue weighted by molar-refractivity contribution is 7.94. The van der Waals surface area contributed by atoms with Crippen molar-refractivity contribution in [2.75, 3.05) is 17.3 Å². The lowest BCUT2D eigenvalue weighted by molar-refractivity contribution is 0.102. The number of nitrogens with zero attached hydrogens (tertiary/aromatic N) is 2. The zero-order chi connectivity index (χ0) is 20.4. The second kappa shape index (κ2) is 8.59. The van der Waals surface area contributed by atoms with Crippen LogP contribution in [0.5, 0.6) is 0 Å². The summed E-state index contributed by atoms with van der Waals surface area (Å²) in [6.45, 7) is 5.52. The van der Waals surface area contributed by atoms with Crippen LogP contribution in [-0.4, -0.2) is 41.1 Å². The first-order valence-electron chi connectivity index (χ1n) is 8.11. The molecule has 0 spiro atoms. The molecule has 8 nitrogen and oxygen atoms in total. The molecule has 0 aliphatic carbocycles. The average molecular weight is 434 g/mol.